The second-order valence-electron chi connectivity index (χ2n) is 8.47. The minimum atomic E-state index is -1.51. The number of aliphatic hydroxyl groups is 4. The molecule has 0 spiro atoms. The van der Waals surface area contributed by atoms with Gasteiger partial charge in [0.25, 0.3) is 0 Å². The molecule has 0 saturated carbocycles. The van der Waals surface area contributed by atoms with E-state index in [9.17, 15) is 20.4 Å². The molecule has 3 heterocycles. The number of ether oxygens (including phenoxy) is 2. The summed E-state index contributed by atoms with van der Waals surface area (Å²) in [4.78, 5) is 0. The molecule has 0 aliphatic carbocycles. The van der Waals surface area contributed by atoms with Gasteiger partial charge in [0, 0.05) is 11.1 Å². The van der Waals surface area contributed by atoms with E-state index in [1.54, 1.807) is 12.3 Å². The van der Waals surface area contributed by atoms with Crippen molar-refractivity contribution in [3.8, 4) is 5.75 Å². The molecule has 1 fully saturated rings. The quantitative estimate of drug-likeness (QED) is 0.296. The van der Waals surface area contributed by atoms with Crippen molar-refractivity contribution < 1.29 is 34.3 Å². The van der Waals surface area contributed by atoms with Gasteiger partial charge in [-0.15, -0.1) is 0 Å². The maximum absolute atomic E-state index is 10.4. The van der Waals surface area contributed by atoms with E-state index in [2.05, 4.69) is 16.3 Å². The molecule has 0 bridgehead atoms. The lowest BCUT2D eigenvalue weighted by Gasteiger charge is -2.39. The summed E-state index contributed by atoms with van der Waals surface area (Å²) in [6.45, 7) is 1.38. The molecular formula is C24H26N2O7. The highest BCUT2D eigenvalue weighted by molar-refractivity contribution is 5.88. The van der Waals surface area contributed by atoms with Gasteiger partial charge in [-0.25, -0.2) is 0 Å². The molecule has 5 rings (SSSR count). The van der Waals surface area contributed by atoms with Crippen LogP contribution < -0.4 is 4.74 Å². The van der Waals surface area contributed by atoms with Crippen molar-refractivity contribution in [3.05, 3.63) is 59.5 Å². The molecule has 0 amide bonds. The summed E-state index contributed by atoms with van der Waals surface area (Å²) in [5.74, 6) is 0.434. The molecule has 9 heteroatoms. The molecule has 1 aliphatic heterocycles. The Hall–Kier alpha value is -2.95. The molecule has 174 valence electrons. The van der Waals surface area contributed by atoms with Crippen molar-refractivity contribution in [3.63, 3.8) is 0 Å². The summed E-state index contributed by atoms with van der Waals surface area (Å²) in [5.41, 5.74) is 4.45. The first kappa shape index (κ1) is 21.9. The monoisotopic (exact) mass is 454 g/mol. The molecule has 5 atom stereocenters. The van der Waals surface area contributed by atoms with Crippen LogP contribution in [0.1, 0.15) is 16.8 Å². The number of aliphatic hydroxyl groups excluding tert-OH is 4. The number of hydrogen-bond acceptors (Lipinski definition) is 8. The van der Waals surface area contributed by atoms with E-state index in [4.69, 9.17) is 13.9 Å². The van der Waals surface area contributed by atoms with Gasteiger partial charge in [-0.2, -0.15) is 5.10 Å². The average molecular weight is 454 g/mol. The Morgan fingerprint density at radius 1 is 1.03 bits per heavy atom. The van der Waals surface area contributed by atoms with Crippen molar-refractivity contribution >= 4 is 21.9 Å². The first-order chi connectivity index (χ1) is 15.9. The van der Waals surface area contributed by atoms with Crippen molar-refractivity contribution in [2.75, 3.05) is 6.61 Å². The third-order valence-corrected chi connectivity index (χ3v) is 6.11. The number of aryl methyl sites for hydroxylation is 3. The number of rotatable bonds is 6. The number of aromatic nitrogens is 2. The molecule has 0 radical (unpaired) electrons. The molecular weight excluding hydrogens is 428 g/mol. The Kier molecular flexibility index (Phi) is 5.81. The van der Waals surface area contributed by atoms with Gasteiger partial charge in [0.05, 0.1) is 23.8 Å². The number of H-pyrrole nitrogens is 1. The highest BCUT2D eigenvalue weighted by atomic mass is 16.7. The van der Waals surface area contributed by atoms with E-state index in [1.807, 2.05) is 31.2 Å². The third kappa shape index (κ3) is 4.09. The fourth-order valence-corrected chi connectivity index (χ4v) is 4.31. The zero-order valence-electron chi connectivity index (χ0n) is 18.0. The fraction of sp³-hybridized carbons (Fsp3) is 0.375. The van der Waals surface area contributed by atoms with Crippen LogP contribution in [0.15, 0.2) is 47.1 Å². The molecule has 33 heavy (non-hydrogen) atoms. The number of furan rings is 1. The molecule has 2 aromatic heterocycles. The van der Waals surface area contributed by atoms with E-state index in [1.165, 1.54) is 0 Å². The summed E-state index contributed by atoms with van der Waals surface area (Å²) < 4.78 is 16.9. The van der Waals surface area contributed by atoms with E-state index >= 15 is 0 Å². The number of nitrogens with zero attached hydrogens (tertiary/aromatic N) is 1. The van der Waals surface area contributed by atoms with Crippen LogP contribution in [0.25, 0.3) is 21.9 Å². The minimum Gasteiger partial charge on any atom is -0.464 e. The van der Waals surface area contributed by atoms with Crippen molar-refractivity contribution in [1.29, 1.82) is 0 Å². The van der Waals surface area contributed by atoms with Gasteiger partial charge in [0.1, 0.15) is 35.7 Å². The van der Waals surface area contributed by atoms with Crippen molar-refractivity contribution in [2.24, 2.45) is 0 Å². The Morgan fingerprint density at radius 3 is 2.70 bits per heavy atom. The van der Waals surface area contributed by atoms with Crippen LogP contribution in [-0.4, -0.2) is 67.9 Å². The maximum Gasteiger partial charge on any atom is 0.229 e. The summed E-state index contributed by atoms with van der Waals surface area (Å²) in [5, 5.41) is 49.3. The second kappa shape index (κ2) is 8.77. The van der Waals surface area contributed by atoms with Crippen LogP contribution in [-0.2, 0) is 17.6 Å². The number of hydrogen-bond donors (Lipinski definition) is 5. The van der Waals surface area contributed by atoms with E-state index in [-0.39, 0.29) is 0 Å². The number of fused-ring (bicyclic) bond motifs is 2. The van der Waals surface area contributed by atoms with Crippen molar-refractivity contribution in [2.45, 2.75) is 50.5 Å². The van der Waals surface area contributed by atoms with Gasteiger partial charge >= 0.3 is 0 Å². The summed E-state index contributed by atoms with van der Waals surface area (Å²) >= 11 is 0. The largest absolute Gasteiger partial charge is 0.464 e. The predicted octanol–water partition coefficient (Wildman–Crippen LogP) is 1.58. The van der Waals surface area contributed by atoms with Gasteiger partial charge in [0.2, 0.25) is 6.29 Å². The van der Waals surface area contributed by atoms with E-state index in [0.717, 1.165) is 39.6 Å². The molecule has 2 aromatic carbocycles. The Labute approximate surface area is 189 Å². The summed E-state index contributed by atoms with van der Waals surface area (Å²) in [6, 6.07) is 11.7. The van der Waals surface area contributed by atoms with Crippen LogP contribution >= 0.6 is 0 Å². The number of benzene rings is 2. The molecule has 5 N–H and O–H groups in total. The zero-order valence-corrected chi connectivity index (χ0v) is 18.0. The second-order valence-corrected chi connectivity index (χ2v) is 8.47. The van der Waals surface area contributed by atoms with Crippen LogP contribution in [0.2, 0.25) is 0 Å². The van der Waals surface area contributed by atoms with Crippen LogP contribution in [0.5, 0.6) is 5.75 Å². The Morgan fingerprint density at radius 2 is 1.88 bits per heavy atom. The maximum atomic E-state index is 10.4. The average Bonchev–Trinajstić information content (AvgIpc) is 3.44. The topological polar surface area (TPSA) is 141 Å². The number of nitrogens with one attached hydrogen (secondary N) is 1. The molecule has 1 aliphatic rings. The Bertz CT molecular complexity index is 1260. The minimum absolute atomic E-state index is 0.434. The van der Waals surface area contributed by atoms with Gasteiger partial charge in [-0.1, -0.05) is 6.07 Å². The van der Waals surface area contributed by atoms with E-state index < -0.39 is 37.3 Å². The smallest absolute Gasteiger partial charge is 0.229 e. The zero-order chi connectivity index (χ0) is 23.1. The lowest BCUT2D eigenvalue weighted by molar-refractivity contribution is -0.277. The van der Waals surface area contributed by atoms with Crippen LogP contribution in [0, 0.1) is 6.92 Å². The van der Waals surface area contributed by atoms with Gasteiger partial charge < -0.3 is 34.3 Å². The van der Waals surface area contributed by atoms with Gasteiger partial charge in [-0.05, 0) is 61.2 Å². The van der Waals surface area contributed by atoms with E-state index in [0.29, 0.717) is 17.7 Å². The van der Waals surface area contributed by atoms with Crippen LogP contribution in [0.4, 0.5) is 0 Å². The lowest BCUT2D eigenvalue weighted by atomic mass is 9.99. The first-order valence-corrected chi connectivity index (χ1v) is 10.9. The molecule has 1 saturated heterocycles. The lowest BCUT2D eigenvalue weighted by Crippen LogP contribution is -2.60. The third-order valence-electron chi connectivity index (χ3n) is 6.11. The predicted molar refractivity (Wildman–Crippen MR) is 119 cm³/mol. The normalized spacial score (nSPS) is 25.7. The van der Waals surface area contributed by atoms with Crippen molar-refractivity contribution in [1.82, 2.24) is 10.2 Å². The van der Waals surface area contributed by atoms with Gasteiger partial charge in [0.15, 0.2) is 0 Å². The summed E-state index contributed by atoms with van der Waals surface area (Å²) in [7, 11) is 0. The first-order valence-electron chi connectivity index (χ1n) is 10.9. The molecule has 1 unspecified atom stereocenters. The highest BCUT2D eigenvalue weighted by Crippen LogP contribution is 2.33. The Balaban J connectivity index is 1.42. The summed E-state index contributed by atoms with van der Waals surface area (Å²) in [6.07, 6.45) is -3.67. The SMILES string of the molecule is Cc1cc(O[C@@H]2OC(CO)[C@@H](O)[C@H](O)[C@H]2O)c2c(CCc3ccc4occc4c3)[nH]nc2c1. The molecule has 4 aromatic rings. The standard InChI is InChI=1S/C24H26N2O7/c1-12-8-16-20(18(9-12)32-24-23(30)22(29)21(28)19(11-27)33-24)15(25-26-16)4-2-13-3-5-17-14(10-13)6-7-31-17/h3,5-10,19,21-24,27-30H,2,4,11H2,1H3,(H,25,26)/t19?,21-,22+,23-,24-/m1/s1. The number of aromatic amines is 1. The highest BCUT2D eigenvalue weighted by Gasteiger charge is 2.44. The fourth-order valence-electron chi connectivity index (χ4n) is 4.31. The van der Waals surface area contributed by atoms with Gasteiger partial charge in [-0.3, -0.25) is 5.10 Å². The molecule has 9 nitrogen and oxygen atoms in total. The van der Waals surface area contributed by atoms with Crippen LogP contribution in [0.3, 0.4) is 0 Å².